The first-order chi connectivity index (χ1) is 10.0. The number of carboxylic acids is 1. The van der Waals surface area contributed by atoms with E-state index in [4.69, 9.17) is 14.9 Å². The predicted molar refractivity (Wildman–Crippen MR) is 76.6 cm³/mol. The molecule has 22 heavy (non-hydrogen) atoms. The highest BCUT2D eigenvalue weighted by molar-refractivity contribution is 5.76. The van der Waals surface area contributed by atoms with E-state index in [0.29, 0.717) is 0 Å². The summed E-state index contributed by atoms with van der Waals surface area (Å²) in [6, 6.07) is 5.04. The number of ether oxygens (including phenoxy) is 1. The minimum atomic E-state index is -1.10. The summed E-state index contributed by atoms with van der Waals surface area (Å²) in [6.07, 6.45) is -0.718. The van der Waals surface area contributed by atoms with Gasteiger partial charge in [0.1, 0.15) is 17.9 Å². The van der Waals surface area contributed by atoms with Crippen molar-refractivity contribution in [2.24, 2.45) is 0 Å². The molecule has 0 fully saturated rings. The van der Waals surface area contributed by atoms with Gasteiger partial charge in [-0.2, -0.15) is 0 Å². The van der Waals surface area contributed by atoms with Crippen molar-refractivity contribution in [3.63, 3.8) is 0 Å². The molecule has 9 heteroatoms. The van der Waals surface area contributed by atoms with Crippen LogP contribution in [0.4, 0.5) is 10.5 Å². The number of non-ortho nitro benzene ring substituents is 1. The van der Waals surface area contributed by atoms with Gasteiger partial charge in [-0.3, -0.25) is 14.9 Å². The molecule has 0 atom stereocenters. The molecule has 1 rings (SSSR count). The molecule has 3 N–H and O–H groups in total. The first-order valence-corrected chi connectivity index (χ1v) is 6.13. The molecule has 0 unspecified atom stereocenters. The quantitative estimate of drug-likeness (QED) is 0.571. The van der Waals surface area contributed by atoms with E-state index in [1.807, 2.05) is 0 Å². The van der Waals surface area contributed by atoms with Crippen LogP contribution in [0.5, 0.6) is 5.75 Å². The molecule has 0 aliphatic carbocycles. The average molecular weight is 314 g/mol. The number of nitrogens with zero attached hydrogens (tertiary/aromatic N) is 1. The number of rotatable bonds is 3. The van der Waals surface area contributed by atoms with E-state index < -0.39 is 29.1 Å². The fraction of sp³-hybridized carbons (Fsp3) is 0.385. The van der Waals surface area contributed by atoms with Gasteiger partial charge in [-0.15, -0.1) is 0 Å². The molecule has 0 saturated carbocycles. The second-order valence-electron chi connectivity index (χ2n) is 5.02. The highest BCUT2D eigenvalue weighted by atomic mass is 16.6. The molecule has 0 aliphatic rings. The zero-order valence-corrected chi connectivity index (χ0v) is 12.4. The van der Waals surface area contributed by atoms with Gasteiger partial charge in [0.2, 0.25) is 0 Å². The number of carboxylic acid groups (broad SMARTS) is 1. The Hall–Kier alpha value is -2.84. The Balaban J connectivity index is 0.000000406. The number of phenols is 1. The van der Waals surface area contributed by atoms with Crippen molar-refractivity contribution in [1.82, 2.24) is 5.32 Å². The number of phenolic OH excluding ortho intramolecular Hbond substituents is 1. The number of hydrogen-bond acceptors (Lipinski definition) is 6. The van der Waals surface area contributed by atoms with Crippen molar-refractivity contribution in [3.05, 3.63) is 34.4 Å². The summed E-state index contributed by atoms with van der Waals surface area (Å²) in [5, 5.41) is 29.0. The number of nitro benzene ring substituents is 1. The van der Waals surface area contributed by atoms with Crippen LogP contribution in [0, 0.1) is 10.1 Å². The van der Waals surface area contributed by atoms with Gasteiger partial charge in [-0.1, -0.05) is 0 Å². The van der Waals surface area contributed by atoms with Crippen LogP contribution in [0.15, 0.2) is 24.3 Å². The van der Waals surface area contributed by atoms with Crippen LogP contribution < -0.4 is 5.32 Å². The number of alkyl carbamates (subject to hydrolysis) is 1. The molecule has 0 saturated heterocycles. The molecule has 1 aromatic rings. The van der Waals surface area contributed by atoms with Gasteiger partial charge >= 0.3 is 12.1 Å². The Morgan fingerprint density at radius 2 is 1.77 bits per heavy atom. The highest BCUT2D eigenvalue weighted by Crippen LogP contribution is 2.15. The fourth-order valence-electron chi connectivity index (χ4n) is 1.04. The minimum absolute atomic E-state index is 0.0159. The molecule has 1 amide bonds. The van der Waals surface area contributed by atoms with Gasteiger partial charge in [-0.25, -0.2) is 4.79 Å². The zero-order valence-electron chi connectivity index (χ0n) is 12.4. The molecule has 1 aromatic carbocycles. The van der Waals surface area contributed by atoms with Crippen molar-refractivity contribution >= 4 is 17.7 Å². The zero-order chi connectivity index (χ0) is 17.3. The Kier molecular flexibility index (Phi) is 7.36. The fourth-order valence-corrected chi connectivity index (χ4v) is 1.04. The number of nitro groups is 1. The molecular weight excluding hydrogens is 296 g/mol. The lowest BCUT2D eigenvalue weighted by atomic mass is 10.2. The standard InChI is InChI=1S/C7H13NO4.C6H5NO3/c1-7(2,3)12-6(11)8-4-5(9)10;8-6-3-1-5(2-4-6)7(9)10/h4H2,1-3H3,(H,8,11)(H,9,10);1-4,8H. The highest BCUT2D eigenvalue weighted by Gasteiger charge is 2.16. The summed E-state index contributed by atoms with van der Waals surface area (Å²) in [5.41, 5.74) is -0.611. The van der Waals surface area contributed by atoms with Crippen molar-refractivity contribution in [1.29, 1.82) is 0 Å². The largest absolute Gasteiger partial charge is 0.508 e. The van der Waals surface area contributed by atoms with Crippen LogP contribution in [-0.2, 0) is 9.53 Å². The van der Waals surface area contributed by atoms with Crippen LogP contribution in [0.2, 0.25) is 0 Å². The van der Waals surface area contributed by atoms with Crippen molar-refractivity contribution in [2.75, 3.05) is 6.54 Å². The number of benzene rings is 1. The molecule has 0 spiro atoms. The van der Waals surface area contributed by atoms with Crippen LogP contribution >= 0.6 is 0 Å². The molecule has 0 bridgehead atoms. The smallest absolute Gasteiger partial charge is 0.408 e. The van der Waals surface area contributed by atoms with E-state index in [9.17, 15) is 19.7 Å². The normalized spacial score (nSPS) is 9.95. The van der Waals surface area contributed by atoms with E-state index in [-0.39, 0.29) is 11.4 Å². The third-order valence-corrected chi connectivity index (χ3v) is 1.84. The maximum atomic E-state index is 10.8. The lowest BCUT2D eigenvalue weighted by Gasteiger charge is -2.19. The van der Waals surface area contributed by atoms with Gasteiger partial charge in [0.25, 0.3) is 5.69 Å². The van der Waals surface area contributed by atoms with E-state index in [2.05, 4.69) is 5.32 Å². The van der Waals surface area contributed by atoms with Crippen LogP contribution in [0.25, 0.3) is 0 Å². The summed E-state index contributed by atoms with van der Waals surface area (Å²) in [6.45, 7) is 4.68. The summed E-state index contributed by atoms with van der Waals surface area (Å²) < 4.78 is 4.77. The average Bonchev–Trinajstić information content (AvgIpc) is 2.35. The molecule has 0 radical (unpaired) electrons. The number of carbonyl (C=O) groups is 2. The summed E-state index contributed by atoms with van der Waals surface area (Å²) in [7, 11) is 0. The van der Waals surface area contributed by atoms with Gasteiger partial charge in [-0.05, 0) is 32.9 Å². The first-order valence-electron chi connectivity index (χ1n) is 6.13. The second kappa shape index (κ2) is 8.45. The van der Waals surface area contributed by atoms with Crippen molar-refractivity contribution in [2.45, 2.75) is 26.4 Å². The van der Waals surface area contributed by atoms with E-state index in [1.54, 1.807) is 20.8 Å². The van der Waals surface area contributed by atoms with E-state index in [1.165, 1.54) is 24.3 Å². The topological polar surface area (TPSA) is 139 Å². The summed E-state index contributed by atoms with van der Waals surface area (Å²) >= 11 is 0. The minimum Gasteiger partial charge on any atom is -0.508 e. The van der Waals surface area contributed by atoms with Gasteiger partial charge in [0.05, 0.1) is 4.92 Å². The molecule has 0 aromatic heterocycles. The van der Waals surface area contributed by atoms with Crippen LogP contribution in [0.3, 0.4) is 0 Å². The van der Waals surface area contributed by atoms with Gasteiger partial charge in [0.15, 0.2) is 0 Å². The first kappa shape index (κ1) is 19.2. The predicted octanol–water partition coefficient (Wildman–Crippen LogP) is 1.90. The Morgan fingerprint density at radius 3 is 2.14 bits per heavy atom. The number of nitrogens with one attached hydrogen (secondary N) is 1. The Bertz CT molecular complexity index is 520. The van der Waals surface area contributed by atoms with Crippen molar-refractivity contribution < 1.29 is 29.5 Å². The maximum Gasteiger partial charge on any atom is 0.408 e. The van der Waals surface area contributed by atoms with E-state index in [0.717, 1.165) is 0 Å². The number of amides is 1. The summed E-state index contributed by atoms with van der Waals surface area (Å²) in [5.74, 6) is -1.06. The lowest BCUT2D eigenvalue weighted by Crippen LogP contribution is -2.35. The number of hydrogen-bond donors (Lipinski definition) is 3. The SMILES string of the molecule is CC(C)(C)OC(=O)NCC(=O)O.O=[N+]([O-])c1ccc(O)cc1. The number of aliphatic carboxylic acids is 1. The summed E-state index contributed by atoms with van der Waals surface area (Å²) in [4.78, 5) is 30.3. The van der Waals surface area contributed by atoms with Crippen LogP contribution in [0.1, 0.15) is 20.8 Å². The third-order valence-electron chi connectivity index (χ3n) is 1.84. The Labute approximate surface area is 126 Å². The molecule has 9 nitrogen and oxygen atoms in total. The molecule has 0 aliphatic heterocycles. The monoisotopic (exact) mass is 314 g/mol. The lowest BCUT2D eigenvalue weighted by molar-refractivity contribution is -0.384. The molecule has 0 heterocycles. The number of aromatic hydroxyl groups is 1. The maximum absolute atomic E-state index is 10.8. The number of carbonyl (C=O) groups excluding carboxylic acids is 1. The van der Waals surface area contributed by atoms with Gasteiger partial charge in [0, 0.05) is 12.1 Å². The third kappa shape index (κ3) is 10.0. The Morgan fingerprint density at radius 1 is 1.27 bits per heavy atom. The van der Waals surface area contributed by atoms with E-state index >= 15 is 0 Å². The molecule has 122 valence electrons. The van der Waals surface area contributed by atoms with Gasteiger partial charge < -0.3 is 20.3 Å². The van der Waals surface area contributed by atoms with Crippen molar-refractivity contribution in [3.8, 4) is 5.75 Å². The van der Waals surface area contributed by atoms with Crippen LogP contribution in [-0.4, -0.2) is 39.3 Å². The molecular formula is C13H18N2O7. The second-order valence-corrected chi connectivity index (χ2v) is 5.02.